The summed E-state index contributed by atoms with van der Waals surface area (Å²) in [7, 11) is 0. The summed E-state index contributed by atoms with van der Waals surface area (Å²) in [4.78, 5) is 40.9. The molecule has 0 aromatic heterocycles. The average Bonchev–Trinajstić information content (AvgIpc) is 2.93. The van der Waals surface area contributed by atoms with Gasteiger partial charge in [0.1, 0.15) is 6.04 Å². The van der Waals surface area contributed by atoms with Gasteiger partial charge in [-0.25, -0.2) is 0 Å². The number of carbonyl (C=O) groups excluding carboxylic acids is 3. The van der Waals surface area contributed by atoms with Crippen molar-refractivity contribution >= 4 is 17.7 Å². The third kappa shape index (κ3) is 3.36. The SMILES string of the molecule is NC1CC(N(Cc2ccc3c(c2)C(=O)N(C2CCC(=O)NC2=O)C3)C2CCC2)C1. The van der Waals surface area contributed by atoms with Crippen LogP contribution < -0.4 is 11.1 Å². The van der Waals surface area contributed by atoms with Crippen LogP contribution in [-0.4, -0.2) is 51.7 Å². The number of hydrogen-bond donors (Lipinski definition) is 2. The highest BCUT2D eigenvalue weighted by molar-refractivity contribution is 6.05. The number of carbonyl (C=O) groups is 3. The fraction of sp³-hybridized carbons (Fsp3) is 0.591. The van der Waals surface area contributed by atoms with E-state index in [-0.39, 0.29) is 24.1 Å². The van der Waals surface area contributed by atoms with Crippen molar-refractivity contribution in [1.29, 1.82) is 0 Å². The molecule has 7 heteroatoms. The number of hydrogen-bond acceptors (Lipinski definition) is 5. The zero-order chi connectivity index (χ0) is 20.1. The minimum absolute atomic E-state index is 0.0998. The molecule has 4 aliphatic rings. The Balaban J connectivity index is 1.32. The maximum absolute atomic E-state index is 13.0. The van der Waals surface area contributed by atoms with Crippen molar-refractivity contribution in [1.82, 2.24) is 15.1 Å². The number of imide groups is 1. The topological polar surface area (TPSA) is 95.7 Å². The quantitative estimate of drug-likeness (QED) is 0.732. The van der Waals surface area contributed by atoms with Crippen LogP contribution in [0.4, 0.5) is 0 Å². The van der Waals surface area contributed by atoms with Crippen LogP contribution in [0.15, 0.2) is 18.2 Å². The van der Waals surface area contributed by atoms with Crippen LogP contribution in [0.2, 0.25) is 0 Å². The summed E-state index contributed by atoms with van der Waals surface area (Å²) in [5, 5.41) is 2.36. The van der Waals surface area contributed by atoms with Crippen LogP contribution in [0.5, 0.6) is 0 Å². The molecule has 29 heavy (non-hydrogen) atoms. The van der Waals surface area contributed by atoms with Crippen LogP contribution in [0.3, 0.4) is 0 Å². The Morgan fingerprint density at radius 1 is 1.10 bits per heavy atom. The zero-order valence-corrected chi connectivity index (χ0v) is 16.6. The summed E-state index contributed by atoms with van der Waals surface area (Å²) in [6, 6.07) is 7.11. The lowest BCUT2D eigenvalue weighted by Gasteiger charge is -2.48. The van der Waals surface area contributed by atoms with E-state index < -0.39 is 6.04 Å². The van der Waals surface area contributed by atoms with Gasteiger partial charge in [-0.05, 0) is 49.3 Å². The van der Waals surface area contributed by atoms with Gasteiger partial charge < -0.3 is 10.6 Å². The number of nitrogens with two attached hydrogens (primary N) is 1. The van der Waals surface area contributed by atoms with E-state index in [0.29, 0.717) is 36.7 Å². The first-order valence-corrected chi connectivity index (χ1v) is 10.8. The smallest absolute Gasteiger partial charge is 0.255 e. The summed E-state index contributed by atoms with van der Waals surface area (Å²) in [5.41, 5.74) is 8.84. The monoisotopic (exact) mass is 396 g/mol. The zero-order valence-electron chi connectivity index (χ0n) is 16.6. The lowest BCUT2D eigenvalue weighted by atomic mass is 9.81. The van der Waals surface area contributed by atoms with Crippen LogP contribution in [0.25, 0.3) is 0 Å². The molecule has 0 spiro atoms. The van der Waals surface area contributed by atoms with E-state index in [9.17, 15) is 14.4 Å². The molecule has 1 aromatic rings. The van der Waals surface area contributed by atoms with Crippen molar-refractivity contribution in [3.05, 3.63) is 34.9 Å². The Hall–Kier alpha value is -2.25. The van der Waals surface area contributed by atoms with Gasteiger partial charge in [-0.2, -0.15) is 0 Å². The van der Waals surface area contributed by atoms with Gasteiger partial charge in [-0.15, -0.1) is 0 Å². The van der Waals surface area contributed by atoms with Crippen molar-refractivity contribution in [2.24, 2.45) is 5.73 Å². The van der Waals surface area contributed by atoms with Crippen molar-refractivity contribution < 1.29 is 14.4 Å². The van der Waals surface area contributed by atoms with Crippen molar-refractivity contribution in [2.75, 3.05) is 0 Å². The van der Waals surface area contributed by atoms with Gasteiger partial charge in [0.15, 0.2) is 0 Å². The molecule has 154 valence electrons. The fourth-order valence-corrected chi connectivity index (χ4v) is 5.09. The first-order valence-electron chi connectivity index (χ1n) is 10.8. The first kappa shape index (κ1) is 18.8. The molecule has 2 aliphatic heterocycles. The first-order chi connectivity index (χ1) is 14.0. The summed E-state index contributed by atoms with van der Waals surface area (Å²) in [6.07, 6.45) is 6.59. The highest BCUT2D eigenvalue weighted by Gasteiger charge is 2.40. The normalized spacial score (nSPS) is 29.5. The summed E-state index contributed by atoms with van der Waals surface area (Å²) in [5.74, 6) is -0.721. The summed E-state index contributed by atoms with van der Waals surface area (Å²) < 4.78 is 0. The summed E-state index contributed by atoms with van der Waals surface area (Å²) >= 11 is 0. The standard InChI is InChI=1S/C22H28N4O3/c23-15-9-17(10-15)25(16-2-1-3-16)11-13-4-5-14-12-26(22(29)18(14)8-13)19-6-7-20(27)24-21(19)28/h4-5,8,15-17,19H,1-3,6-7,9-12,23H2,(H,24,27,28). The Bertz CT molecular complexity index is 860. The molecule has 0 radical (unpaired) electrons. The fourth-order valence-electron chi connectivity index (χ4n) is 5.09. The molecule has 0 bridgehead atoms. The highest BCUT2D eigenvalue weighted by atomic mass is 16.2. The summed E-state index contributed by atoms with van der Waals surface area (Å²) in [6.45, 7) is 1.28. The minimum Gasteiger partial charge on any atom is -0.328 e. The predicted molar refractivity (Wildman–Crippen MR) is 107 cm³/mol. The van der Waals surface area contributed by atoms with Crippen molar-refractivity contribution in [2.45, 2.75) is 82.2 Å². The van der Waals surface area contributed by atoms with Gasteiger partial charge in [0.05, 0.1) is 0 Å². The number of benzene rings is 1. The number of nitrogens with one attached hydrogen (secondary N) is 1. The van der Waals surface area contributed by atoms with Crippen LogP contribution in [-0.2, 0) is 22.7 Å². The predicted octanol–water partition coefficient (Wildman–Crippen LogP) is 1.29. The molecule has 7 nitrogen and oxygen atoms in total. The third-order valence-corrected chi connectivity index (χ3v) is 7.12. The van der Waals surface area contributed by atoms with E-state index in [4.69, 9.17) is 5.73 Å². The van der Waals surface area contributed by atoms with Crippen LogP contribution in [0, 0.1) is 0 Å². The van der Waals surface area contributed by atoms with Crippen molar-refractivity contribution in [3.63, 3.8) is 0 Å². The Morgan fingerprint density at radius 3 is 2.55 bits per heavy atom. The highest BCUT2D eigenvalue weighted by Crippen LogP contribution is 2.35. The van der Waals surface area contributed by atoms with Gasteiger partial charge in [0, 0.05) is 43.2 Å². The number of piperidine rings is 1. The Labute approximate surface area is 170 Å². The van der Waals surface area contributed by atoms with E-state index in [1.807, 2.05) is 12.1 Å². The van der Waals surface area contributed by atoms with E-state index in [2.05, 4.69) is 16.3 Å². The molecule has 3 N–H and O–H groups in total. The molecule has 3 amide bonds. The molecule has 1 aromatic carbocycles. The van der Waals surface area contributed by atoms with Crippen molar-refractivity contribution in [3.8, 4) is 0 Å². The van der Waals surface area contributed by atoms with E-state index >= 15 is 0 Å². The number of amides is 3. The maximum Gasteiger partial charge on any atom is 0.255 e. The molecular formula is C22H28N4O3. The van der Waals surface area contributed by atoms with Crippen LogP contribution in [0.1, 0.15) is 66.4 Å². The molecule has 3 fully saturated rings. The Morgan fingerprint density at radius 2 is 1.90 bits per heavy atom. The molecular weight excluding hydrogens is 368 g/mol. The lowest BCUT2D eigenvalue weighted by molar-refractivity contribution is -0.136. The second kappa shape index (κ2) is 7.22. The lowest BCUT2D eigenvalue weighted by Crippen LogP contribution is -2.55. The van der Waals surface area contributed by atoms with Gasteiger partial charge in [-0.1, -0.05) is 18.6 Å². The third-order valence-electron chi connectivity index (χ3n) is 7.12. The van der Waals surface area contributed by atoms with Gasteiger partial charge in [0.2, 0.25) is 11.8 Å². The Kier molecular flexibility index (Phi) is 4.67. The molecule has 2 heterocycles. The largest absolute Gasteiger partial charge is 0.328 e. The molecule has 1 saturated heterocycles. The average molecular weight is 396 g/mol. The second-order valence-corrected chi connectivity index (χ2v) is 9.03. The molecule has 1 unspecified atom stereocenters. The maximum atomic E-state index is 13.0. The second-order valence-electron chi connectivity index (χ2n) is 9.03. The number of nitrogens with zero attached hydrogens (tertiary/aromatic N) is 2. The van der Waals surface area contributed by atoms with Gasteiger partial charge in [-0.3, -0.25) is 24.6 Å². The molecule has 1 atom stereocenters. The number of rotatable bonds is 5. The van der Waals surface area contributed by atoms with E-state index in [1.165, 1.54) is 19.3 Å². The molecule has 5 rings (SSSR count). The molecule has 2 saturated carbocycles. The van der Waals surface area contributed by atoms with E-state index in [1.54, 1.807) is 4.90 Å². The van der Waals surface area contributed by atoms with Gasteiger partial charge in [0.25, 0.3) is 5.91 Å². The molecule has 2 aliphatic carbocycles. The van der Waals surface area contributed by atoms with Gasteiger partial charge >= 0.3 is 0 Å². The van der Waals surface area contributed by atoms with Crippen LogP contribution >= 0.6 is 0 Å². The minimum atomic E-state index is -0.556. The number of fused-ring (bicyclic) bond motifs is 1. The van der Waals surface area contributed by atoms with E-state index in [0.717, 1.165) is 30.5 Å².